The maximum Gasteiger partial charge on any atom is 0.250 e. The molecule has 0 radical (unpaired) electrons. The van der Waals surface area contributed by atoms with Gasteiger partial charge in [0.1, 0.15) is 5.75 Å². The Morgan fingerprint density at radius 1 is 1.00 bits per heavy atom. The van der Waals surface area contributed by atoms with Gasteiger partial charge in [-0.3, -0.25) is 9.59 Å². The van der Waals surface area contributed by atoms with E-state index in [1.54, 1.807) is 18.2 Å². The standard InChI is InChI=1S/C33H49ClN2O4Si2.CH3PS/c1-22-25(16-19-28(35-9)30(22)34)20-27(23(2)39-41(10,11)32(3,4)5)31(38)36-21-29(37)24-14-17-26(18-15-24)40-42(12,13)33(6,7)8;1-2-3/h14-19,23,27H,20-21H2,1-8,10-13H3,(H,36,38);1H3/t23-,27+;/m0./s1. The lowest BCUT2D eigenvalue weighted by atomic mass is 9.91. The number of hydrogen-bond acceptors (Lipinski definition) is 5. The zero-order valence-electron chi connectivity index (χ0n) is 29.3. The molecule has 0 aliphatic carbocycles. The van der Waals surface area contributed by atoms with Gasteiger partial charge in [0.2, 0.25) is 19.9 Å². The van der Waals surface area contributed by atoms with Gasteiger partial charge < -0.3 is 14.2 Å². The predicted molar refractivity (Wildman–Crippen MR) is 199 cm³/mol. The summed E-state index contributed by atoms with van der Waals surface area (Å²) in [5.41, 5.74) is 2.55. The number of benzene rings is 2. The van der Waals surface area contributed by atoms with Crippen LogP contribution in [0.3, 0.4) is 0 Å². The monoisotopic (exact) mass is 706 g/mol. The molecular formula is C34H52ClN2O4PSSi2. The minimum atomic E-state index is -2.19. The first kappa shape index (κ1) is 41.1. The number of hydrogen-bond donors (Lipinski definition) is 1. The average molecular weight is 707 g/mol. The highest BCUT2D eigenvalue weighted by Crippen LogP contribution is 2.39. The van der Waals surface area contributed by atoms with Gasteiger partial charge in [0.15, 0.2) is 14.1 Å². The summed E-state index contributed by atoms with van der Waals surface area (Å²) in [5, 5.41) is 3.31. The fraction of sp³-hybridized carbons (Fsp3) is 0.559. The van der Waals surface area contributed by atoms with Gasteiger partial charge in [-0.15, -0.1) is 0 Å². The van der Waals surface area contributed by atoms with Gasteiger partial charge >= 0.3 is 0 Å². The highest BCUT2D eigenvalue weighted by molar-refractivity contribution is 7.96. The lowest BCUT2D eigenvalue weighted by Crippen LogP contribution is -2.48. The van der Waals surface area contributed by atoms with Crippen molar-refractivity contribution >= 4 is 64.8 Å². The second-order valence-electron chi connectivity index (χ2n) is 14.4. The third kappa shape index (κ3) is 11.7. The van der Waals surface area contributed by atoms with Crippen LogP contribution in [-0.2, 0) is 27.4 Å². The van der Waals surface area contributed by atoms with Gasteiger partial charge in [-0.05, 0) is 106 Å². The van der Waals surface area contributed by atoms with E-state index in [-0.39, 0.29) is 28.3 Å². The molecule has 11 heteroatoms. The van der Waals surface area contributed by atoms with Crippen LogP contribution in [0.15, 0.2) is 36.4 Å². The van der Waals surface area contributed by atoms with Crippen molar-refractivity contribution in [2.75, 3.05) is 13.2 Å². The van der Waals surface area contributed by atoms with E-state index < -0.39 is 28.7 Å². The van der Waals surface area contributed by atoms with Gasteiger partial charge in [-0.2, -0.15) is 0 Å². The van der Waals surface area contributed by atoms with Crippen molar-refractivity contribution < 1.29 is 18.4 Å². The zero-order valence-corrected chi connectivity index (χ0v) is 33.8. The summed E-state index contributed by atoms with van der Waals surface area (Å²) in [7, 11) is -3.18. The number of ketones is 1. The van der Waals surface area contributed by atoms with Crippen LogP contribution in [0.4, 0.5) is 5.69 Å². The van der Waals surface area contributed by atoms with E-state index in [1.807, 2.05) is 38.7 Å². The molecule has 0 saturated carbocycles. The lowest BCUT2D eigenvalue weighted by Gasteiger charge is -2.40. The third-order valence-corrected chi connectivity index (χ3v) is 18.4. The van der Waals surface area contributed by atoms with E-state index in [2.05, 4.69) is 89.7 Å². The molecule has 0 spiro atoms. The van der Waals surface area contributed by atoms with Crippen molar-refractivity contribution in [1.29, 1.82) is 0 Å². The van der Waals surface area contributed by atoms with Crippen LogP contribution >= 0.6 is 19.0 Å². The summed E-state index contributed by atoms with van der Waals surface area (Å²) >= 11 is 10.8. The fourth-order valence-corrected chi connectivity index (χ4v) is 6.71. The zero-order chi connectivity index (χ0) is 35.0. The minimum Gasteiger partial charge on any atom is -0.544 e. The Bertz CT molecular complexity index is 1380. The molecular weight excluding hydrogens is 655 g/mol. The number of carbonyl (C=O) groups excluding carboxylic acids is 2. The number of halogens is 1. The number of Topliss-reactive ketones (excluding diaryl/α,β-unsaturated/α-hetero) is 1. The topological polar surface area (TPSA) is 69.0 Å². The second-order valence-corrected chi connectivity index (χ2v) is 25.7. The maximum absolute atomic E-state index is 13.7. The molecule has 0 heterocycles. The number of rotatable bonds is 11. The van der Waals surface area contributed by atoms with E-state index in [0.29, 0.717) is 22.7 Å². The van der Waals surface area contributed by atoms with Crippen LogP contribution < -0.4 is 9.74 Å². The predicted octanol–water partition coefficient (Wildman–Crippen LogP) is 10.2. The summed E-state index contributed by atoms with van der Waals surface area (Å²) in [5.74, 6) is -0.241. The van der Waals surface area contributed by atoms with Gasteiger partial charge in [-0.25, -0.2) is 4.85 Å². The first-order chi connectivity index (χ1) is 20.5. The van der Waals surface area contributed by atoms with E-state index in [1.165, 1.54) is 0 Å². The largest absolute Gasteiger partial charge is 0.544 e. The summed E-state index contributed by atoms with van der Waals surface area (Å²) in [6.07, 6.45) is -0.0226. The van der Waals surface area contributed by atoms with Crippen LogP contribution in [0, 0.1) is 19.4 Å². The lowest BCUT2D eigenvalue weighted by molar-refractivity contribution is -0.127. The van der Waals surface area contributed by atoms with Crippen LogP contribution in [0.25, 0.3) is 4.85 Å². The number of nitrogens with one attached hydrogen (secondary N) is 1. The Labute approximate surface area is 285 Å². The van der Waals surface area contributed by atoms with Crippen LogP contribution in [0.5, 0.6) is 5.75 Å². The van der Waals surface area contributed by atoms with E-state index >= 15 is 0 Å². The van der Waals surface area contributed by atoms with E-state index in [9.17, 15) is 9.59 Å². The smallest absolute Gasteiger partial charge is 0.250 e. The molecule has 0 saturated heterocycles. The SMILES string of the molecule is CP=S.[C-]#[N+]c1ccc(C[C@@H](C(=O)NCC(=O)c2ccc(O[Si](C)(C)C(C)(C)C)cc2)[C@H](C)O[Si](C)(C)C(C)(C)C)c(C)c1Cl. The van der Waals surface area contributed by atoms with E-state index in [4.69, 9.17) is 27.0 Å². The third-order valence-electron chi connectivity index (χ3n) is 9.01. The molecule has 0 aliphatic rings. The van der Waals surface area contributed by atoms with Crippen molar-refractivity contribution in [1.82, 2.24) is 5.32 Å². The molecule has 0 unspecified atom stereocenters. The molecule has 45 heavy (non-hydrogen) atoms. The van der Waals surface area contributed by atoms with Gasteiger partial charge in [-0.1, -0.05) is 77.1 Å². The molecule has 2 atom stereocenters. The van der Waals surface area contributed by atoms with Crippen molar-refractivity contribution in [3.63, 3.8) is 0 Å². The van der Waals surface area contributed by atoms with Gasteiger partial charge in [0.05, 0.1) is 30.2 Å². The second kappa shape index (κ2) is 16.8. The normalized spacial score (nSPS) is 13.6. The minimum absolute atomic E-state index is 0.0325. The van der Waals surface area contributed by atoms with Crippen LogP contribution in [0.2, 0.25) is 41.3 Å². The Morgan fingerprint density at radius 3 is 1.98 bits per heavy atom. The summed E-state index contributed by atoms with van der Waals surface area (Å²) in [6, 6.07) is 10.7. The molecule has 0 aliphatic heterocycles. The first-order valence-electron chi connectivity index (χ1n) is 15.2. The molecule has 1 amide bonds. The van der Waals surface area contributed by atoms with Gasteiger partial charge in [0, 0.05) is 5.56 Å². The van der Waals surface area contributed by atoms with Crippen molar-refractivity contribution in [3.05, 3.63) is 69.5 Å². The highest BCUT2D eigenvalue weighted by Gasteiger charge is 2.41. The molecule has 2 rings (SSSR count). The molecule has 1 N–H and O–H groups in total. The fourth-order valence-electron chi connectivity index (χ4n) is 4.01. The van der Waals surface area contributed by atoms with E-state index in [0.717, 1.165) is 24.2 Å². The number of carbonyl (C=O) groups is 2. The van der Waals surface area contributed by atoms with Gasteiger partial charge in [0.25, 0.3) is 0 Å². The molecule has 0 bridgehead atoms. The van der Waals surface area contributed by atoms with Crippen molar-refractivity contribution in [2.45, 2.75) is 104 Å². The first-order valence-corrected chi connectivity index (χ1v) is 23.7. The Balaban J connectivity index is 0.00000324. The molecule has 2 aromatic carbocycles. The van der Waals surface area contributed by atoms with Crippen molar-refractivity contribution in [2.24, 2.45) is 5.92 Å². The summed E-state index contributed by atoms with van der Waals surface area (Å²) in [6.45, 7) is 34.7. The number of amides is 1. The average Bonchev–Trinajstić information content (AvgIpc) is 2.91. The van der Waals surface area contributed by atoms with Crippen molar-refractivity contribution in [3.8, 4) is 5.75 Å². The molecule has 0 aromatic heterocycles. The molecule has 2 aromatic rings. The quantitative estimate of drug-likeness (QED) is 0.109. The summed E-state index contributed by atoms with van der Waals surface area (Å²) < 4.78 is 13.0. The van der Waals surface area contributed by atoms with Crippen LogP contribution in [-0.4, -0.2) is 47.6 Å². The Morgan fingerprint density at radius 2 is 1.51 bits per heavy atom. The molecule has 248 valence electrons. The Kier molecular flexibility index (Phi) is 15.3. The highest BCUT2D eigenvalue weighted by atomic mass is 35.5. The van der Waals surface area contributed by atoms with Crippen LogP contribution in [0.1, 0.15) is 70.0 Å². The summed E-state index contributed by atoms with van der Waals surface area (Å²) in [4.78, 5) is 30.2. The number of nitrogens with zero attached hydrogens (tertiary/aromatic N) is 1. The molecule has 0 fully saturated rings. The Hall–Kier alpha value is -1.93. The molecule has 6 nitrogen and oxygen atoms in total. The maximum atomic E-state index is 13.7.